The molecule has 0 radical (unpaired) electrons. The van der Waals surface area contributed by atoms with Crippen LogP contribution >= 0.6 is 0 Å². The van der Waals surface area contributed by atoms with E-state index in [2.05, 4.69) is 37.2 Å². The zero-order valence-electron chi connectivity index (χ0n) is 14.6. The Balaban J connectivity index is 1.52. The summed E-state index contributed by atoms with van der Waals surface area (Å²) in [6.45, 7) is 5.60. The Morgan fingerprint density at radius 2 is 1.80 bits per heavy atom. The van der Waals surface area contributed by atoms with Gasteiger partial charge in [0.25, 0.3) is 0 Å². The maximum Gasteiger partial charge on any atom is 0.225 e. The number of carbonyl (C=O) groups excluding carboxylic acids is 1. The number of amides is 1. The fourth-order valence-electron chi connectivity index (χ4n) is 2.81. The van der Waals surface area contributed by atoms with Crippen LogP contribution in [0.15, 0.2) is 36.5 Å². The van der Waals surface area contributed by atoms with Crippen molar-refractivity contribution in [2.75, 3.05) is 41.3 Å². The standard InChI is InChI=1S/C18H24N6O/c1-2-3-7-18(25)20-15-8-9-17(22-21-15)24-13-11-23(12-14-24)16-6-4-5-10-19-16/h4-6,8-10H,2-3,7,11-14H2,1H3,(H,20,21,25). The van der Waals surface area contributed by atoms with E-state index < -0.39 is 0 Å². The molecule has 7 nitrogen and oxygen atoms in total. The summed E-state index contributed by atoms with van der Waals surface area (Å²) >= 11 is 0. The molecule has 0 aliphatic carbocycles. The summed E-state index contributed by atoms with van der Waals surface area (Å²) in [5.41, 5.74) is 0. The van der Waals surface area contributed by atoms with Crippen molar-refractivity contribution in [1.82, 2.24) is 15.2 Å². The second-order valence-corrected chi connectivity index (χ2v) is 6.09. The Morgan fingerprint density at radius 3 is 2.40 bits per heavy atom. The Labute approximate surface area is 148 Å². The highest BCUT2D eigenvalue weighted by atomic mass is 16.1. The first kappa shape index (κ1) is 17.1. The molecule has 1 aliphatic heterocycles. The highest BCUT2D eigenvalue weighted by Crippen LogP contribution is 2.17. The summed E-state index contributed by atoms with van der Waals surface area (Å²) < 4.78 is 0. The van der Waals surface area contributed by atoms with Crippen LogP contribution in [0.25, 0.3) is 0 Å². The maximum absolute atomic E-state index is 11.7. The van der Waals surface area contributed by atoms with E-state index in [4.69, 9.17) is 0 Å². The number of aromatic nitrogens is 3. The molecule has 0 spiro atoms. The van der Waals surface area contributed by atoms with E-state index in [-0.39, 0.29) is 5.91 Å². The average molecular weight is 340 g/mol. The van der Waals surface area contributed by atoms with Gasteiger partial charge in [-0.05, 0) is 30.7 Å². The fourth-order valence-corrected chi connectivity index (χ4v) is 2.81. The van der Waals surface area contributed by atoms with Crippen LogP contribution in [0.2, 0.25) is 0 Å². The number of piperazine rings is 1. The lowest BCUT2D eigenvalue weighted by molar-refractivity contribution is -0.116. The lowest BCUT2D eigenvalue weighted by Crippen LogP contribution is -2.47. The first-order valence-electron chi connectivity index (χ1n) is 8.81. The summed E-state index contributed by atoms with van der Waals surface area (Å²) in [6.07, 6.45) is 4.23. The van der Waals surface area contributed by atoms with Gasteiger partial charge in [0.2, 0.25) is 5.91 Å². The molecule has 132 valence electrons. The Hall–Kier alpha value is -2.70. The Bertz CT molecular complexity index is 668. The van der Waals surface area contributed by atoms with Crippen molar-refractivity contribution in [1.29, 1.82) is 0 Å². The molecule has 1 amide bonds. The molecule has 2 aromatic rings. The normalized spacial score (nSPS) is 14.4. The fraction of sp³-hybridized carbons (Fsp3) is 0.444. The molecular formula is C18H24N6O. The van der Waals surface area contributed by atoms with Crippen molar-refractivity contribution in [2.24, 2.45) is 0 Å². The van der Waals surface area contributed by atoms with Crippen molar-refractivity contribution in [3.63, 3.8) is 0 Å². The molecule has 25 heavy (non-hydrogen) atoms. The number of carbonyl (C=O) groups is 1. The lowest BCUT2D eigenvalue weighted by atomic mass is 10.2. The number of pyridine rings is 1. The molecular weight excluding hydrogens is 316 g/mol. The smallest absolute Gasteiger partial charge is 0.225 e. The lowest BCUT2D eigenvalue weighted by Gasteiger charge is -2.35. The van der Waals surface area contributed by atoms with Crippen molar-refractivity contribution < 1.29 is 4.79 Å². The Morgan fingerprint density at radius 1 is 1.04 bits per heavy atom. The first-order chi connectivity index (χ1) is 12.3. The van der Waals surface area contributed by atoms with Crippen LogP contribution < -0.4 is 15.1 Å². The van der Waals surface area contributed by atoms with Crippen LogP contribution in [0, 0.1) is 0 Å². The molecule has 1 aliphatic rings. The van der Waals surface area contributed by atoms with Crippen molar-refractivity contribution in [3.05, 3.63) is 36.5 Å². The predicted molar refractivity (Wildman–Crippen MR) is 98.8 cm³/mol. The summed E-state index contributed by atoms with van der Waals surface area (Å²) in [7, 11) is 0. The van der Waals surface area contributed by atoms with Crippen LogP contribution in [-0.4, -0.2) is 47.3 Å². The largest absolute Gasteiger partial charge is 0.353 e. The molecule has 0 saturated carbocycles. The van der Waals surface area contributed by atoms with Crippen molar-refractivity contribution in [3.8, 4) is 0 Å². The van der Waals surface area contributed by atoms with Gasteiger partial charge in [0.1, 0.15) is 5.82 Å². The van der Waals surface area contributed by atoms with Crippen LogP contribution in [0.3, 0.4) is 0 Å². The quantitative estimate of drug-likeness (QED) is 0.870. The van der Waals surface area contributed by atoms with E-state index in [1.54, 1.807) is 0 Å². The van der Waals surface area contributed by atoms with E-state index in [9.17, 15) is 4.79 Å². The summed E-state index contributed by atoms with van der Waals surface area (Å²) in [4.78, 5) is 20.6. The topological polar surface area (TPSA) is 74.2 Å². The van der Waals surface area contributed by atoms with Gasteiger partial charge in [0.15, 0.2) is 11.6 Å². The summed E-state index contributed by atoms with van der Waals surface area (Å²) in [5.74, 6) is 2.36. The minimum absolute atomic E-state index is 0.00660. The van der Waals surface area contributed by atoms with Crippen molar-refractivity contribution >= 4 is 23.4 Å². The van der Waals surface area contributed by atoms with E-state index >= 15 is 0 Å². The molecule has 3 rings (SSSR count). The monoisotopic (exact) mass is 340 g/mol. The van der Waals surface area contributed by atoms with Crippen molar-refractivity contribution in [2.45, 2.75) is 26.2 Å². The summed E-state index contributed by atoms with van der Waals surface area (Å²) in [6, 6.07) is 9.70. The second kappa shape index (κ2) is 8.41. The molecule has 1 saturated heterocycles. The average Bonchev–Trinajstić information content (AvgIpc) is 2.68. The molecule has 2 aromatic heterocycles. The SMILES string of the molecule is CCCCC(=O)Nc1ccc(N2CCN(c3ccccn3)CC2)nn1. The van der Waals surface area contributed by atoms with Crippen LogP contribution in [-0.2, 0) is 4.79 Å². The number of hydrogen-bond acceptors (Lipinski definition) is 6. The third kappa shape index (κ3) is 4.65. The Kier molecular flexibility index (Phi) is 5.77. The number of rotatable bonds is 6. The predicted octanol–water partition coefficient (Wildman–Crippen LogP) is 2.33. The molecule has 0 bridgehead atoms. The highest BCUT2D eigenvalue weighted by molar-refractivity contribution is 5.89. The number of nitrogens with zero attached hydrogens (tertiary/aromatic N) is 5. The van der Waals surface area contributed by atoms with Gasteiger partial charge in [0, 0.05) is 38.8 Å². The minimum Gasteiger partial charge on any atom is -0.353 e. The van der Waals surface area contributed by atoms with Gasteiger partial charge in [-0.2, -0.15) is 0 Å². The molecule has 0 aromatic carbocycles. The minimum atomic E-state index is -0.00660. The summed E-state index contributed by atoms with van der Waals surface area (Å²) in [5, 5.41) is 11.2. The molecule has 0 atom stereocenters. The zero-order chi connectivity index (χ0) is 17.5. The third-order valence-corrected chi connectivity index (χ3v) is 4.25. The molecule has 1 N–H and O–H groups in total. The van der Waals surface area contributed by atoms with Gasteiger partial charge >= 0.3 is 0 Å². The van der Waals surface area contributed by atoms with Crippen LogP contribution in [0.4, 0.5) is 17.5 Å². The maximum atomic E-state index is 11.7. The van der Waals surface area contributed by atoms with Gasteiger partial charge in [0.05, 0.1) is 0 Å². The van der Waals surface area contributed by atoms with E-state index in [0.717, 1.165) is 50.7 Å². The van der Waals surface area contributed by atoms with Gasteiger partial charge in [-0.1, -0.05) is 19.4 Å². The second-order valence-electron chi connectivity index (χ2n) is 6.09. The number of hydrogen-bond donors (Lipinski definition) is 1. The zero-order valence-corrected chi connectivity index (χ0v) is 14.6. The van der Waals surface area contributed by atoms with E-state index in [0.29, 0.717) is 12.2 Å². The van der Waals surface area contributed by atoms with Gasteiger partial charge in [-0.15, -0.1) is 10.2 Å². The third-order valence-electron chi connectivity index (χ3n) is 4.25. The van der Waals surface area contributed by atoms with E-state index in [1.807, 2.05) is 36.5 Å². The molecule has 0 unspecified atom stereocenters. The van der Waals surface area contributed by atoms with Gasteiger partial charge < -0.3 is 15.1 Å². The van der Waals surface area contributed by atoms with Gasteiger partial charge in [-0.3, -0.25) is 4.79 Å². The number of nitrogens with one attached hydrogen (secondary N) is 1. The van der Waals surface area contributed by atoms with Gasteiger partial charge in [-0.25, -0.2) is 4.98 Å². The number of unbranched alkanes of at least 4 members (excludes halogenated alkanes) is 1. The van der Waals surface area contributed by atoms with Crippen LogP contribution in [0.1, 0.15) is 26.2 Å². The molecule has 3 heterocycles. The first-order valence-corrected chi connectivity index (χ1v) is 8.81. The number of anilines is 3. The van der Waals surface area contributed by atoms with Crippen LogP contribution in [0.5, 0.6) is 0 Å². The van der Waals surface area contributed by atoms with E-state index in [1.165, 1.54) is 0 Å². The highest BCUT2D eigenvalue weighted by Gasteiger charge is 2.19. The molecule has 7 heteroatoms. The molecule has 1 fully saturated rings.